The minimum absolute atomic E-state index is 0.131. The molecule has 3 N–H and O–H groups in total. The van der Waals surface area contributed by atoms with E-state index in [4.69, 9.17) is 5.73 Å². The molecule has 2 atom stereocenters. The summed E-state index contributed by atoms with van der Waals surface area (Å²) < 4.78 is 1.93. The molecule has 1 aromatic heterocycles. The second-order valence-electron chi connectivity index (χ2n) is 4.28. The van der Waals surface area contributed by atoms with Crippen LogP contribution in [0.25, 0.3) is 0 Å². The van der Waals surface area contributed by atoms with Crippen molar-refractivity contribution in [1.29, 1.82) is 0 Å². The first-order valence-corrected chi connectivity index (χ1v) is 5.74. The highest BCUT2D eigenvalue weighted by atomic mass is 16.3. The van der Waals surface area contributed by atoms with Gasteiger partial charge in [0, 0.05) is 11.8 Å². The van der Waals surface area contributed by atoms with E-state index < -0.39 is 0 Å². The van der Waals surface area contributed by atoms with E-state index in [-0.39, 0.29) is 12.1 Å². The van der Waals surface area contributed by atoms with E-state index in [1.165, 1.54) is 6.42 Å². The Morgan fingerprint density at radius 2 is 2.27 bits per heavy atom. The van der Waals surface area contributed by atoms with Crippen LogP contribution in [-0.4, -0.2) is 21.0 Å². The lowest BCUT2D eigenvalue weighted by Crippen LogP contribution is -2.29. The second kappa shape index (κ2) is 4.23. The Kier molecular flexibility index (Phi) is 2.95. The second-order valence-corrected chi connectivity index (χ2v) is 4.28. The van der Waals surface area contributed by atoms with E-state index >= 15 is 0 Å². The Morgan fingerprint density at radius 3 is 2.93 bits per heavy atom. The van der Waals surface area contributed by atoms with E-state index in [1.807, 2.05) is 10.7 Å². The summed E-state index contributed by atoms with van der Waals surface area (Å²) in [5, 5.41) is 14.2. The molecule has 15 heavy (non-hydrogen) atoms. The molecule has 1 aliphatic rings. The summed E-state index contributed by atoms with van der Waals surface area (Å²) >= 11 is 0. The lowest BCUT2D eigenvalue weighted by atomic mass is 9.92. The van der Waals surface area contributed by atoms with Gasteiger partial charge in [0.2, 0.25) is 0 Å². The summed E-state index contributed by atoms with van der Waals surface area (Å²) in [6.07, 6.45) is 4.83. The first-order chi connectivity index (χ1) is 7.22. The zero-order valence-electron chi connectivity index (χ0n) is 9.19. The third-order valence-corrected chi connectivity index (χ3v) is 3.20. The van der Waals surface area contributed by atoms with Crippen LogP contribution in [0.1, 0.15) is 44.3 Å². The molecular formula is C11H19N3O. The molecule has 1 heterocycles. The minimum Gasteiger partial charge on any atom is -0.391 e. The monoisotopic (exact) mass is 209 g/mol. The molecule has 1 saturated carbocycles. The molecule has 4 nitrogen and oxygen atoms in total. The molecule has 0 saturated heterocycles. The quantitative estimate of drug-likeness (QED) is 0.776. The van der Waals surface area contributed by atoms with Crippen LogP contribution in [0.4, 0.5) is 5.82 Å². The summed E-state index contributed by atoms with van der Waals surface area (Å²) in [4.78, 5) is 0. The number of nitrogens with two attached hydrogens (primary N) is 1. The van der Waals surface area contributed by atoms with Crippen LogP contribution in [0.5, 0.6) is 0 Å². The highest BCUT2D eigenvalue weighted by Crippen LogP contribution is 2.29. The van der Waals surface area contributed by atoms with Gasteiger partial charge < -0.3 is 10.8 Å². The topological polar surface area (TPSA) is 64.1 Å². The molecule has 0 aliphatic heterocycles. The molecule has 1 aliphatic carbocycles. The number of rotatable bonds is 2. The molecule has 0 radical (unpaired) electrons. The average Bonchev–Trinajstić information content (AvgIpc) is 2.60. The number of hydrogen-bond acceptors (Lipinski definition) is 3. The molecule has 2 unspecified atom stereocenters. The highest BCUT2D eigenvalue weighted by Gasteiger charge is 2.26. The number of nitrogen functional groups attached to an aromatic ring is 1. The number of anilines is 1. The number of hydrogen-bond donors (Lipinski definition) is 2. The maximum absolute atomic E-state index is 9.95. The van der Waals surface area contributed by atoms with Gasteiger partial charge in [-0.3, -0.25) is 4.68 Å². The fourth-order valence-electron chi connectivity index (χ4n) is 2.38. The van der Waals surface area contributed by atoms with E-state index in [0.717, 1.165) is 31.4 Å². The zero-order chi connectivity index (χ0) is 10.8. The van der Waals surface area contributed by atoms with Crippen molar-refractivity contribution in [2.45, 2.75) is 51.2 Å². The fraction of sp³-hybridized carbons (Fsp3) is 0.727. The van der Waals surface area contributed by atoms with E-state index in [2.05, 4.69) is 12.0 Å². The minimum atomic E-state index is -0.261. The standard InChI is InChI=1S/C11H19N3O/c1-2-8-7-11(12)13-14(8)9-5-3-4-6-10(9)15/h7,9-10,15H,2-6H2,1H3,(H2,12,13). The third-order valence-electron chi connectivity index (χ3n) is 3.20. The summed E-state index contributed by atoms with van der Waals surface area (Å²) in [5.74, 6) is 0.560. The largest absolute Gasteiger partial charge is 0.391 e. The highest BCUT2D eigenvalue weighted by molar-refractivity contribution is 5.30. The maximum atomic E-state index is 9.95. The SMILES string of the molecule is CCc1cc(N)nn1C1CCCCC1O. The van der Waals surface area contributed by atoms with Crippen LogP contribution in [0, 0.1) is 0 Å². The number of aliphatic hydroxyl groups excluding tert-OH is 1. The molecule has 0 bridgehead atoms. The van der Waals surface area contributed by atoms with Crippen molar-refractivity contribution in [3.8, 4) is 0 Å². The van der Waals surface area contributed by atoms with Crippen LogP contribution >= 0.6 is 0 Å². The van der Waals surface area contributed by atoms with Gasteiger partial charge in [-0.1, -0.05) is 19.8 Å². The third kappa shape index (κ3) is 2.00. The average molecular weight is 209 g/mol. The van der Waals surface area contributed by atoms with E-state index in [9.17, 15) is 5.11 Å². The molecule has 0 spiro atoms. The predicted molar refractivity (Wildman–Crippen MR) is 59.5 cm³/mol. The molecule has 0 amide bonds. The smallest absolute Gasteiger partial charge is 0.145 e. The summed E-state index contributed by atoms with van der Waals surface area (Å²) in [6, 6.07) is 2.03. The van der Waals surface area contributed by atoms with Crippen molar-refractivity contribution in [2.24, 2.45) is 0 Å². The molecule has 84 valence electrons. The van der Waals surface area contributed by atoms with Crippen molar-refractivity contribution >= 4 is 5.82 Å². The predicted octanol–water partition coefficient (Wildman–Crippen LogP) is 1.50. The van der Waals surface area contributed by atoms with Crippen molar-refractivity contribution in [1.82, 2.24) is 9.78 Å². The number of aryl methyl sites for hydroxylation is 1. The number of aliphatic hydroxyl groups is 1. The van der Waals surface area contributed by atoms with Crippen molar-refractivity contribution in [2.75, 3.05) is 5.73 Å². The molecule has 1 aromatic rings. The lowest BCUT2D eigenvalue weighted by Gasteiger charge is -2.29. The van der Waals surface area contributed by atoms with E-state index in [0.29, 0.717) is 5.82 Å². The molecular weight excluding hydrogens is 190 g/mol. The first-order valence-electron chi connectivity index (χ1n) is 5.74. The number of nitrogens with zero attached hydrogens (tertiary/aromatic N) is 2. The van der Waals surface area contributed by atoms with Gasteiger partial charge in [-0.05, 0) is 19.3 Å². The first kappa shape index (κ1) is 10.5. The summed E-state index contributed by atoms with van der Waals surface area (Å²) in [5.41, 5.74) is 6.82. The normalized spacial score (nSPS) is 26.8. The molecule has 2 rings (SSSR count). The van der Waals surface area contributed by atoms with Crippen LogP contribution in [-0.2, 0) is 6.42 Å². The van der Waals surface area contributed by atoms with Crippen LogP contribution in [0.3, 0.4) is 0 Å². The van der Waals surface area contributed by atoms with Crippen molar-refractivity contribution in [3.63, 3.8) is 0 Å². The Balaban J connectivity index is 2.26. The Bertz CT molecular complexity index is 335. The van der Waals surface area contributed by atoms with Crippen LogP contribution < -0.4 is 5.73 Å². The van der Waals surface area contributed by atoms with Crippen molar-refractivity contribution < 1.29 is 5.11 Å². The lowest BCUT2D eigenvalue weighted by molar-refractivity contribution is 0.0682. The Morgan fingerprint density at radius 1 is 1.53 bits per heavy atom. The molecule has 0 aromatic carbocycles. The van der Waals surface area contributed by atoms with Crippen LogP contribution in [0.2, 0.25) is 0 Å². The molecule has 4 heteroatoms. The van der Waals surface area contributed by atoms with Gasteiger partial charge in [0.05, 0.1) is 12.1 Å². The Hall–Kier alpha value is -1.03. The van der Waals surface area contributed by atoms with Crippen molar-refractivity contribution in [3.05, 3.63) is 11.8 Å². The summed E-state index contributed by atoms with van der Waals surface area (Å²) in [6.45, 7) is 2.09. The van der Waals surface area contributed by atoms with E-state index in [1.54, 1.807) is 0 Å². The van der Waals surface area contributed by atoms with Crippen LogP contribution in [0.15, 0.2) is 6.07 Å². The van der Waals surface area contributed by atoms with Gasteiger partial charge in [-0.15, -0.1) is 0 Å². The maximum Gasteiger partial charge on any atom is 0.145 e. The Labute approximate surface area is 90.1 Å². The number of aromatic nitrogens is 2. The van der Waals surface area contributed by atoms with Gasteiger partial charge in [0.15, 0.2) is 0 Å². The van der Waals surface area contributed by atoms with Gasteiger partial charge in [0.25, 0.3) is 0 Å². The van der Waals surface area contributed by atoms with Gasteiger partial charge >= 0.3 is 0 Å². The summed E-state index contributed by atoms with van der Waals surface area (Å²) in [7, 11) is 0. The van der Waals surface area contributed by atoms with Gasteiger partial charge in [0.1, 0.15) is 5.82 Å². The van der Waals surface area contributed by atoms with Gasteiger partial charge in [-0.2, -0.15) is 5.10 Å². The molecule has 1 fully saturated rings. The fourth-order valence-corrected chi connectivity index (χ4v) is 2.38. The van der Waals surface area contributed by atoms with Gasteiger partial charge in [-0.25, -0.2) is 0 Å². The zero-order valence-corrected chi connectivity index (χ0v) is 9.19.